The van der Waals surface area contributed by atoms with Gasteiger partial charge in [-0.05, 0) is 55.5 Å². The summed E-state index contributed by atoms with van der Waals surface area (Å²) >= 11 is 5.81. The van der Waals surface area contributed by atoms with Crippen molar-refractivity contribution in [1.29, 1.82) is 0 Å². The lowest BCUT2D eigenvalue weighted by atomic mass is 10.0. The quantitative estimate of drug-likeness (QED) is 0.827. The Hall–Kier alpha value is -2.86. The van der Waals surface area contributed by atoms with Gasteiger partial charge in [0, 0.05) is 16.1 Å². The fourth-order valence-electron chi connectivity index (χ4n) is 1.96. The van der Waals surface area contributed by atoms with Crippen LogP contribution in [-0.4, -0.2) is 31.0 Å². The number of halogens is 1. The molecule has 0 aliphatic carbocycles. The number of benzene rings is 2. The summed E-state index contributed by atoms with van der Waals surface area (Å²) < 4.78 is 9.77. The van der Waals surface area contributed by atoms with Crippen molar-refractivity contribution in [2.75, 3.05) is 7.11 Å². The maximum absolute atomic E-state index is 12.4. The van der Waals surface area contributed by atoms with E-state index in [1.54, 1.807) is 48.5 Å². The number of ether oxygens (including phenoxy) is 2. The first-order valence-electron chi connectivity index (χ1n) is 7.36. The first-order valence-corrected chi connectivity index (χ1v) is 7.74. The molecule has 0 saturated carbocycles. The van der Waals surface area contributed by atoms with E-state index in [-0.39, 0.29) is 5.78 Å². The Morgan fingerprint density at radius 1 is 0.960 bits per heavy atom. The van der Waals surface area contributed by atoms with Crippen molar-refractivity contribution in [3.05, 3.63) is 64.7 Å². The van der Waals surface area contributed by atoms with Gasteiger partial charge in [0.15, 0.2) is 11.9 Å². The molecule has 7 heteroatoms. The van der Waals surface area contributed by atoms with E-state index < -0.39 is 18.1 Å². The smallest absolute Gasteiger partial charge is 0.413 e. The minimum atomic E-state index is -0.906. The molecule has 0 spiro atoms. The van der Waals surface area contributed by atoms with Gasteiger partial charge < -0.3 is 9.47 Å². The molecule has 0 unspecified atom stereocenters. The normalized spacial score (nSPS) is 11.3. The Morgan fingerprint density at radius 2 is 1.48 bits per heavy atom. The van der Waals surface area contributed by atoms with Crippen LogP contribution in [0.25, 0.3) is 0 Å². The lowest BCUT2D eigenvalue weighted by Crippen LogP contribution is -2.39. The molecule has 1 atom stereocenters. The second-order valence-corrected chi connectivity index (χ2v) is 5.54. The third-order valence-corrected chi connectivity index (χ3v) is 3.57. The van der Waals surface area contributed by atoms with E-state index in [9.17, 15) is 14.4 Å². The molecular formula is C18H16ClNO5. The molecule has 0 saturated heterocycles. The second-order valence-electron chi connectivity index (χ2n) is 5.10. The number of nitrogens with one attached hydrogen (secondary N) is 1. The Balaban J connectivity index is 2.02. The number of alkyl carbamates (subject to hydrolysis) is 1. The maximum atomic E-state index is 12.4. The van der Waals surface area contributed by atoms with E-state index in [1.807, 2.05) is 5.32 Å². The van der Waals surface area contributed by atoms with Gasteiger partial charge in [0.2, 0.25) is 0 Å². The zero-order valence-electron chi connectivity index (χ0n) is 13.6. The highest BCUT2D eigenvalue weighted by Gasteiger charge is 2.18. The number of hydrogen-bond acceptors (Lipinski definition) is 5. The summed E-state index contributed by atoms with van der Waals surface area (Å²) in [6.07, 6.45) is -1.76. The molecule has 0 aliphatic heterocycles. The molecule has 0 aromatic heterocycles. The summed E-state index contributed by atoms with van der Waals surface area (Å²) in [4.78, 5) is 35.1. The van der Waals surface area contributed by atoms with Gasteiger partial charge in [-0.25, -0.2) is 4.79 Å². The summed E-state index contributed by atoms with van der Waals surface area (Å²) in [5, 5.41) is 2.57. The van der Waals surface area contributed by atoms with Crippen molar-refractivity contribution >= 4 is 29.4 Å². The molecule has 130 valence electrons. The van der Waals surface area contributed by atoms with Crippen molar-refractivity contribution in [3.8, 4) is 5.75 Å². The predicted octanol–water partition coefficient (Wildman–Crippen LogP) is 3.22. The fraction of sp³-hybridized carbons (Fsp3) is 0.167. The highest BCUT2D eigenvalue weighted by atomic mass is 35.5. The number of methoxy groups -OCH3 is 1. The van der Waals surface area contributed by atoms with Gasteiger partial charge in [-0.15, -0.1) is 0 Å². The van der Waals surface area contributed by atoms with E-state index >= 15 is 0 Å². The molecule has 2 rings (SSSR count). The number of rotatable bonds is 5. The molecule has 2 aromatic rings. The molecule has 0 heterocycles. The molecule has 2 aromatic carbocycles. The highest BCUT2D eigenvalue weighted by molar-refractivity contribution is 6.30. The number of hydrogen-bond donors (Lipinski definition) is 1. The molecule has 1 N–H and O–H groups in total. The summed E-state index contributed by atoms with van der Waals surface area (Å²) in [6, 6.07) is 12.9. The summed E-state index contributed by atoms with van der Waals surface area (Å²) in [5.74, 6) is -0.395. The zero-order valence-corrected chi connectivity index (χ0v) is 14.4. The van der Waals surface area contributed by atoms with E-state index in [0.29, 0.717) is 21.9 Å². The van der Waals surface area contributed by atoms with Crippen molar-refractivity contribution in [1.82, 2.24) is 5.32 Å². The van der Waals surface area contributed by atoms with Gasteiger partial charge in [0.25, 0.3) is 5.91 Å². The van der Waals surface area contributed by atoms with Gasteiger partial charge >= 0.3 is 6.09 Å². The van der Waals surface area contributed by atoms with E-state index in [0.717, 1.165) is 7.11 Å². The first-order chi connectivity index (χ1) is 11.9. The van der Waals surface area contributed by atoms with Crippen molar-refractivity contribution < 1.29 is 23.9 Å². The van der Waals surface area contributed by atoms with Crippen LogP contribution in [0.4, 0.5) is 4.79 Å². The second kappa shape index (κ2) is 8.30. The lowest BCUT2D eigenvalue weighted by molar-refractivity contribution is -0.126. The van der Waals surface area contributed by atoms with Crippen LogP contribution in [0.5, 0.6) is 5.75 Å². The fourth-order valence-corrected chi connectivity index (χ4v) is 2.09. The Kier molecular flexibility index (Phi) is 6.14. The van der Waals surface area contributed by atoms with Crippen molar-refractivity contribution in [2.24, 2.45) is 0 Å². The Morgan fingerprint density at radius 3 is 2.00 bits per heavy atom. The van der Waals surface area contributed by atoms with Crippen molar-refractivity contribution in [3.63, 3.8) is 0 Å². The molecule has 25 heavy (non-hydrogen) atoms. The van der Waals surface area contributed by atoms with Crippen LogP contribution in [0.15, 0.2) is 48.5 Å². The van der Waals surface area contributed by atoms with Gasteiger partial charge in [0.05, 0.1) is 7.11 Å². The maximum Gasteiger partial charge on any atom is 0.413 e. The third-order valence-electron chi connectivity index (χ3n) is 3.32. The van der Waals surface area contributed by atoms with Crippen LogP contribution >= 0.6 is 11.6 Å². The standard InChI is InChI=1S/C18H16ClNO5/c1-11(17(22)20-18(23)24-2)25-15-9-5-13(6-10-15)16(21)12-3-7-14(19)8-4-12/h3-11H,1-2H3,(H,20,22,23)/t11-/m0/s1. The Bertz CT molecular complexity index is 771. The number of carbonyl (C=O) groups is 3. The molecule has 6 nitrogen and oxygen atoms in total. The molecular weight excluding hydrogens is 346 g/mol. The lowest BCUT2D eigenvalue weighted by Gasteiger charge is -2.14. The molecule has 0 radical (unpaired) electrons. The number of imide groups is 1. The number of ketones is 1. The first kappa shape index (κ1) is 18.5. The summed E-state index contributed by atoms with van der Waals surface area (Å²) in [6.45, 7) is 1.49. The monoisotopic (exact) mass is 361 g/mol. The number of amides is 2. The van der Waals surface area contributed by atoms with Crippen molar-refractivity contribution in [2.45, 2.75) is 13.0 Å². The van der Waals surface area contributed by atoms with Gasteiger partial charge in [-0.1, -0.05) is 11.6 Å². The van der Waals surface area contributed by atoms with Crippen LogP contribution in [0.3, 0.4) is 0 Å². The van der Waals surface area contributed by atoms with Crippen LogP contribution in [-0.2, 0) is 9.53 Å². The minimum Gasteiger partial charge on any atom is -0.481 e. The van der Waals surface area contributed by atoms with Crippen LogP contribution in [0.2, 0.25) is 5.02 Å². The van der Waals surface area contributed by atoms with Crippen LogP contribution in [0.1, 0.15) is 22.8 Å². The average Bonchev–Trinajstić information content (AvgIpc) is 2.62. The van der Waals surface area contributed by atoms with E-state index in [1.165, 1.54) is 6.92 Å². The van der Waals surface area contributed by atoms with Gasteiger partial charge in [0.1, 0.15) is 5.75 Å². The number of carbonyl (C=O) groups excluding carboxylic acids is 3. The topological polar surface area (TPSA) is 81.7 Å². The summed E-state index contributed by atoms with van der Waals surface area (Å²) in [7, 11) is 1.16. The predicted molar refractivity (Wildman–Crippen MR) is 92.0 cm³/mol. The largest absolute Gasteiger partial charge is 0.481 e. The molecule has 2 amide bonds. The average molecular weight is 362 g/mol. The van der Waals surface area contributed by atoms with E-state index in [4.69, 9.17) is 16.3 Å². The summed E-state index contributed by atoms with van der Waals surface area (Å²) in [5.41, 5.74) is 0.991. The minimum absolute atomic E-state index is 0.153. The molecule has 0 aliphatic rings. The molecule has 0 bridgehead atoms. The highest BCUT2D eigenvalue weighted by Crippen LogP contribution is 2.18. The van der Waals surface area contributed by atoms with Gasteiger partial charge in [-0.2, -0.15) is 0 Å². The Labute approximate surface area is 149 Å². The van der Waals surface area contributed by atoms with Crippen LogP contribution in [0, 0.1) is 0 Å². The molecule has 0 fully saturated rings. The van der Waals surface area contributed by atoms with E-state index in [2.05, 4.69) is 4.74 Å². The SMILES string of the molecule is COC(=O)NC(=O)[C@H](C)Oc1ccc(C(=O)c2ccc(Cl)cc2)cc1. The van der Waals surface area contributed by atoms with Gasteiger partial charge in [-0.3, -0.25) is 14.9 Å². The third kappa shape index (κ3) is 5.06. The zero-order chi connectivity index (χ0) is 18.4. The van der Waals surface area contributed by atoms with Crippen LogP contribution < -0.4 is 10.1 Å².